The number of rotatable bonds is 7. The van der Waals surface area contributed by atoms with Gasteiger partial charge in [-0.1, -0.05) is 12.1 Å². The number of nitrogens with zero attached hydrogens (tertiary/aromatic N) is 2. The zero-order valence-electron chi connectivity index (χ0n) is 11.7. The molecule has 0 fully saturated rings. The average Bonchev–Trinajstić information content (AvgIpc) is 2.92. The van der Waals surface area contributed by atoms with E-state index in [4.69, 9.17) is 4.74 Å². The number of likely N-dealkylation sites (N-methyl/N-ethyl adjacent to an activating group) is 1. The van der Waals surface area contributed by atoms with Crippen LogP contribution in [0.3, 0.4) is 0 Å². The Kier molecular flexibility index (Phi) is 5.26. The van der Waals surface area contributed by atoms with Crippen LogP contribution in [0, 0.1) is 0 Å². The SMILES string of the molecule is CCOc1ccccc1C(=O)CN(C)Cc1cscn1. The second-order valence-corrected chi connectivity index (χ2v) is 5.22. The summed E-state index contributed by atoms with van der Waals surface area (Å²) in [6.07, 6.45) is 0. The van der Waals surface area contributed by atoms with Crippen molar-refractivity contribution in [2.75, 3.05) is 20.2 Å². The van der Waals surface area contributed by atoms with Gasteiger partial charge in [0.25, 0.3) is 0 Å². The van der Waals surface area contributed by atoms with Gasteiger partial charge in [0.05, 0.1) is 29.9 Å². The molecule has 1 aromatic heterocycles. The third kappa shape index (κ3) is 3.88. The van der Waals surface area contributed by atoms with E-state index in [-0.39, 0.29) is 5.78 Å². The van der Waals surface area contributed by atoms with Gasteiger partial charge in [0.15, 0.2) is 5.78 Å². The molecule has 20 heavy (non-hydrogen) atoms. The molecule has 0 aliphatic carbocycles. The molecule has 0 amide bonds. The molecule has 2 aromatic rings. The van der Waals surface area contributed by atoms with Crippen molar-refractivity contribution < 1.29 is 9.53 Å². The highest BCUT2D eigenvalue weighted by Crippen LogP contribution is 2.19. The highest BCUT2D eigenvalue weighted by atomic mass is 32.1. The number of ketones is 1. The van der Waals surface area contributed by atoms with E-state index >= 15 is 0 Å². The number of hydrogen-bond acceptors (Lipinski definition) is 5. The van der Waals surface area contributed by atoms with E-state index in [9.17, 15) is 4.79 Å². The molecule has 0 radical (unpaired) electrons. The van der Waals surface area contributed by atoms with Crippen LogP contribution in [0.5, 0.6) is 5.75 Å². The van der Waals surface area contributed by atoms with Crippen LogP contribution in [0.15, 0.2) is 35.2 Å². The summed E-state index contributed by atoms with van der Waals surface area (Å²) in [5, 5.41) is 2.00. The third-order valence-electron chi connectivity index (χ3n) is 2.82. The Morgan fingerprint density at radius 1 is 1.40 bits per heavy atom. The van der Waals surface area contributed by atoms with Crippen molar-refractivity contribution in [1.29, 1.82) is 0 Å². The minimum Gasteiger partial charge on any atom is -0.493 e. The maximum Gasteiger partial charge on any atom is 0.180 e. The first-order valence-electron chi connectivity index (χ1n) is 6.51. The first-order chi connectivity index (χ1) is 9.70. The lowest BCUT2D eigenvalue weighted by atomic mass is 10.1. The third-order valence-corrected chi connectivity index (χ3v) is 3.45. The molecule has 5 heteroatoms. The van der Waals surface area contributed by atoms with E-state index in [0.29, 0.717) is 31.0 Å². The molecule has 0 saturated carbocycles. The largest absolute Gasteiger partial charge is 0.493 e. The Morgan fingerprint density at radius 2 is 2.20 bits per heavy atom. The first-order valence-corrected chi connectivity index (χ1v) is 7.45. The van der Waals surface area contributed by atoms with E-state index in [1.165, 1.54) is 0 Å². The van der Waals surface area contributed by atoms with Gasteiger partial charge in [-0.3, -0.25) is 9.69 Å². The molecule has 106 valence electrons. The topological polar surface area (TPSA) is 42.4 Å². The lowest BCUT2D eigenvalue weighted by Crippen LogP contribution is -2.26. The highest BCUT2D eigenvalue weighted by molar-refractivity contribution is 7.07. The zero-order valence-corrected chi connectivity index (χ0v) is 12.5. The Labute approximate surface area is 123 Å². The molecule has 0 aliphatic rings. The maximum atomic E-state index is 12.3. The van der Waals surface area contributed by atoms with E-state index in [0.717, 1.165) is 5.69 Å². The van der Waals surface area contributed by atoms with Gasteiger partial charge in [-0.15, -0.1) is 11.3 Å². The van der Waals surface area contributed by atoms with Gasteiger partial charge in [-0.25, -0.2) is 4.98 Å². The van der Waals surface area contributed by atoms with Crippen LogP contribution in [0.1, 0.15) is 23.0 Å². The summed E-state index contributed by atoms with van der Waals surface area (Å²) >= 11 is 1.56. The molecule has 0 aliphatic heterocycles. The summed E-state index contributed by atoms with van der Waals surface area (Å²) in [5.74, 6) is 0.717. The second kappa shape index (κ2) is 7.17. The minimum atomic E-state index is 0.0618. The first kappa shape index (κ1) is 14.7. The molecule has 0 bridgehead atoms. The molecule has 1 heterocycles. The van der Waals surface area contributed by atoms with Crippen molar-refractivity contribution in [1.82, 2.24) is 9.88 Å². The summed E-state index contributed by atoms with van der Waals surface area (Å²) in [6.45, 7) is 3.49. The second-order valence-electron chi connectivity index (χ2n) is 4.50. The Morgan fingerprint density at radius 3 is 2.90 bits per heavy atom. The van der Waals surface area contributed by atoms with Crippen LogP contribution in [0.4, 0.5) is 0 Å². The molecule has 2 rings (SSSR count). The normalized spacial score (nSPS) is 10.8. The number of hydrogen-bond donors (Lipinski definition) is 0. The molecule has 0 atom stereocenters. The number of carbonyl (C=O) groups is 1. The molecule has 0 unspecified atom stereocenters. The fourth-order valence-corrected chi connectivity index (χ4v) is 2.51. The van der Waals surface area contributed by atoms with Crippen LogP contribution in [-0.4, -0.2) is 35.9 Å². The standard InChI is InChI=1S/C15H18N2O2S/c1-3-19-15-7-5-4-6-13(15)14(18)9-17(2)8-12-10-20-11-16-12/h4-7,10-11H,3,8-9H2,1-2H3. The summed E-state index contributed by atoms with van der Waals surface area (Å²) in [4.78, 5) is 18.5. The van der Waals surface area contributed by atoms with Crippen molar-refractivity contribution in [3.63, 3.8) is 0 Å². The van der Waals surface area contributed by atoms with Gasteiger partial charge in [-0.05, 0) is 26.1 Å². The summed E-state index contributed by atoms with van der Waals surface area (Å²) < 4.78 is 5.50. The van der Waals surface area contributed by atoms with Crippen molar-refractivity contribution in [3.05, 3.63) is 46.4 Å². The fraction of sp³-hybridized carbons (Fsp3) is 0.333. The number of para-hydroxylation sites is 1. The molecular weight excluding hydrogens is 272 g/mol. The van der Waals surface area contributed by atoms with E-state index in [2.05, 4.69) is 4.98 Å². The lowest BCUT2D eigenvalue weighted by molar-refractivity contribution is 0.0939. The van der Waals surface area contributed by atoms with Crippen LogP contribution in [0.2, 0.25) is 0 Å². The van der Waals surface area contributed by atoms with Gasteiger partial charge in [0.1, 0.15) is 5.75 Å². The van der Waals surface area contributed by atoms with Gasteiger partial charge in [0, 0.05) is 11.9 Å². The smallest absolute Gasteiger partial charge is 0.180 e. The van der Waals surface area contributed by atoms with Crippen molar-refractivity contribution in [2.45, 2.75) is 13.5 Å². The predicted octanol–water partition coefficient (Wildman–Crippen LogP) is 2.86. The quantitative estimate of drug-likeness (QED) is 0.735. The molecule has 0 N–H and O–H groups in total. The van der Waals surface area contributed by atoms with E-state index in [1.807, 2.05) is 48.5 Å². The molecular formula is C15H18N2O2S. The molecule has 0 saturated heterocycles. The Hall–Kier alpha value is -1.72. The van der Waals surface area contributed by atoms with Crippen molar-refractivity contribution >= 4 is 17.1 Å². The van der Waals surface area contributed by atoms with E-state index < -0.39 is 0 Å². The summed E-state index contributed by atoms with van der Waals surface area (Å²) in [6, 6.07) is 7.37. The Bertz CT molecular complexity index is 555. The van der Waals surface area contributed by atoms with Crippen LogP contribution in [-0.2, 0) is 6.54 Å². The predicted molar refractivity (Wildman–Crippen MR) is 80.4 cm³/mol. The van der Waals surface area contributed by atoms with Crippen molar-refractivity contribution in [2.24, 2.45) is 0 Å². The number of Topliss-reactive ketones (excluding diaryl/α,β-unsaturated/α-hetero) is 1. The monoisotopic (exact) mass is 290 g/mol. The van der Waals surface area contributed by atoms with Gasteiger partial charge < -0.3 is 4.74 Å². The van der Waals surface area contributed by atoms with Crippen LogP contribution >= 0.6 is 11.3 Å². The zero-order chi connectivity index (χ0) is 14.4. The summed E-state index contributed by atoms with van der Waals surface area (Å²) in [5.41, 5.74) is 3.43. The minimum absolute atomic E-state index is 0.0618. The Balaban J connectivity index is 2.00. The fourth-order valence-electron chi connectivity index (χ4n) is 1.96. The van der Waals surface area contributed by atoms with Gasteiger partial charge in [0.2, 0.25) is 0 Å². The van der Waals surface area contributed by atoms with Gasteiger partial charge >= 0.3 is 0 Å². The van der Waals surface area contributed by atoms with Crippen LogP contribution in [0.25, 0.3) is 0 Å². The van der Waals surface area contributed by atoms with Crippen LogP contribution < -0.4 is 4.74 Å². The molecule has 4 nitrogen and oxygen atoms in total. The molecule has 1 aromatic carbocycles. The number of aromatic nitrogens is 1. The number of thiazole rings is 1. The number of ether oxygens (including phenoxy) is 1. The average molecular weight is 290 g/mol. The number of benzene rings is 1. The highest BCUT2D eigenvalue weighted by Gasteiger charge is 2.14. The number of carbonyl (C=O) groups excluding carboxylic acids is 1. The molecule has 0 spiro atoms. The van der Waals surface area contributed by atoms with E-state index in [1.54, 1.807) is 16.8 Å². The maximum absolute atomic E-state index is 12.3. The van der Waals surface area contributed by atoms with Gasteiger partial charge in [-0.2, -0.15) is 0 Å². The summed E-state index contributed by atoms with van der Waals surface area (Å²) in [7, 11) is 1.92. The van der Waals surface area contributed by atoms with Crippen molar-refractivity contribution in [3.8, 4) is 5.75 Å². The lowest BCUT2D eigenvalue weighted by Gasteiger charge is -2.15.